The van der Waals surface area contributed by atoms with Crippen molar-refractivity contribution in [3.63, 3.8) is 0 Å². The standard InChI is InChI=1S/C36H51NO4/c1-24-25-10-11-28-34(4,26(25)20-27(38)31(24)40)15-17-36(6)29-21-32(2,12-13-33(29,3)14-16-35(28,36)5)23-41-30(39)22-37-18-8-7-9-19-37/h10-11,20,29,40H,7-9,12-19,21-23H2,1-6H3/t29-,32-,33+,34+,35+,36-/m1/s1. The summed E-state index contributed by atoms with van der Waals surface area (Å²) >= 11 is 0. The third-order valence-corrected chi connectivity index (χ3v) is 13.3. The van der Waals surface area contributed by atoms with E-state index in [1.807, 2.05) is 6.92 Å². The van der Waals surface area contributed by atoms with Gasteiger partial charge in [0.1, 0.15) is 0 Å². The Balaban J connectivity index is 1.27. The van der Waals surface area contributed by atoms with Gasteiger partial charge in [0.25, 0.3) is 0 Å². The van der Waals surface area contributed by atoms with Gasteiger partial charge in [-0.3, -0.25) is 14.5 Å². The summed E-state index contributed by atoms with van der Waals surface area (Å²) in [4.78, 5) is 27.8. The molecule has 1 aliphatic heterocycles. The van der Waals surface area contributed by atoms with E-state index in [1.54, 1.807) is 6.08 Å². The van der Waals surface area contributed by atoms with Crippen LogP contribution in [0.25, 0.3) is 0 Å². The molecule has 0 aromatic carbocycles. The second-order valence-electron chi connectivity index (χ2n) is 15.9. The summed E-state index contributed by atoms with van der Waals surface area (Å²) < 4.78 is 6.02. The molecule has 5 nitrogen and oxygen atoms in total. The van der Waals surface area contributed by atoms with Gasteiger partial charge in [0, 0.05) is 16.4 Å². The monoisotopic (exact) mass is 561 g/mol. The van der Waals surface area contributed by atoms with Crippen molar-refractivity contribution >= 4 is 11.8 Å². The summed E-state index contributed by atoms with van der Waals surface area (Å²) in [6.07, 6.45) is 17.7. The highest BCUT2D eigenvalue weighted by Crippen LogP contribution is 2.75. The zero-order chi connectivity index (χ0) is 29.4. The molecule has 6 rings (SSSR count). The zero-order valence-electron chi connectivity index (χ0n) is 26.3. The van der Waals surface area contributed by atoms with E-state index in [9.17, 15) is 14.7 Å². The van der Waals surface area contributed by atoms with Crippen molar-refractivity contribution in [2.75, 3.05) is 26.2 Å². The number of aliphatic hydroxyl groups excluding tert-OH is 1. The van der Waals surface area contributed by atoms with E-state index in [4.69, 9.17) is 4.74 Å². The maximum atomic E-state index is 12.8. The fraction of sp³-hybridized carbons (Fsp3) is 0.722. The number of ether oxygens (including phenoxy) is 1. The van der Waals surface area contributed by atoms with Gasteiger partial charge in [-0.25, -0.2) is 0 Å². The Morgan fingerprint density at radius 2 is 1.68 bits per heavy atom. The highest BCUT2D eigenvalue weighted by atomic mass is 16.5. The Morgan fingerprint density at radius 1 is 0.976 bits per heavy atom. The predicted molar refractivity (Wildman–Crippen MR) is 162 cm³/mol. The van der Waals surface area contributed by atoms with Crippen molar-refractivity contribution in [3.05, 3.63) is 46.3 Å². The number of allylic oxidation sites excluding steroid dienone is 7. The van der Waals surface area contributed by atoms with Gasteiger partial charge in [0.2, 0.25) is 5.78 Å². The van der Waals surface area contributed by atoms with Crippen molar-refractivity contribution < 1.29 is 19.4 Å². The van der Waals surface area contributed by atoms with E-state index in [-0.39, 0.29) is 39.2 Å². The second-order valence-corrected chi connectivity index (χ2v) is 15.9. The number of piperidine rings is 1. The highest BCUT2D eigenvalue weighted by molar-refractivity contribution is 6.06. The van der Waals surface area contributed by atoms with Gasteiger partial charge in [0.05, 0.1) is 13.2 Å². The van der Waals surface area contributed by atoms with Crippen LogP contribution in [-0.2, 0) is 14.3 Å². The lowest BCUT2D eigenvalue weighted by Crippen LogP contribution is -2.62. The fourth-order valence-corrected chi connectivity index (χ4v) is 10.3. The largest absolute Gasteiger partial charge is 0.504 e. The molecule has 1 N–H and O–H groups in total. The molecule has 6 atom stereocenters. The minimum Gasteiger partial charge on any atom is -0.504 e. The predicted octanol–water partition coefficient (Wildman–Crippen LogP) is 7.64. The van der Waals surface area contributed by atoms with Crippen LogP contribution in [0.2, 0.25) is 0 Å². The summed E-state index contributed by atoms with van der Waals surface area (Å²) in [5, 5.41) is 10.4. The van der Waals surface area contributed by atoms with Crippen molar-refractivity contribution in [2.24, 2.45) is 33.0 Å². The molecule has 41 heavy (non-hydrogen) atoms. The Kier molecular flexibility index (Phi) is 6.84. The molecule has 3 saturated carbocycles. The molecule has 4 fully saturated rings. The summed E-state index contributed by atoms with van der Waals surface area (Å²) in [7, 11) is 0. The lowest BCUT2D eigenvalue weighted by Gasteiger charge is -2.70. The van der Waals surface area contributed by atoms with Crippen LogP contribution in [0.5, 0.6) is 0 Å². The average Bonchev–Trinajstić information content (AvgIpc) is 2.94. The summed E-state index contributed by atoms with van der Waals surface area (Å²) in [6, 6.07) is 0. The van der Waals surface area contributed by atoms with Gasteiger partial charge < -0.3 is 9.84 Å². The Morgan fingerprint density at radius 3 is 2.41 bits per heavy atom. The normalized spacial score (nSPS) is 42.6. The molecule has 1 heterocycles. The summed E-state index contributed by atoms with van der Waals surface area (Å²) in [6.45, 7) is 17.1. The van der Waals surface area contributed by atoms with Crippen LogP contribution in [0.15, 0.2) is 46.3 Å². The third kappa shape index (κ3) is 4.34. The summed E-state index contributed by atoms with van der Waals surface area (Å²) in [5.41, 5.74) is 4.51. The molecule has 0 aromatic rings. The average molecular weight is 562 g/mol. The number of esters is 1. The first-order chi connectivity index (χ1) is 19.2. The van der Waals surface area contributed by atoms with Crippen molar-refractivity contribution in [1.29, 1.82) is 0 Å². The maximum absolute atomic E-state index is 12.8. The molecule has 6 aliphatic rings. The Labute approximate surface area is 247 Å². The molecule has 1 saturated heterocycles. The SMILES string of the molecule is CC1=C(O)C(=O)C=C2C1=CC=C1[C@@]2(C)CC[C@]2(C)[C@@H]3C[C@](C)(COC(=O)CN4CCCCC4)CC[C@@]3(C)CC[C@@]12C. The van der Waals surface area contributed by atoms with Crippen LogP contribution in [0, 0.1) is 33.0 Å². The molecule has 5 aliphatic carbocycles. The molecule has 5 heteroatoms. The first-order valence-corrected chi connectivity index (χ1v) is 16.2. The van der Waals surface area contributed by atoms with Crippen molar-refractivity contribution in [2.45, 2.75) is 106 Å². The van der Waals surface area contributed by atoms with Crippen LogP contribution in [-0.4, -0.2) is 48.0 Å². The number of hydrogen-bond acceptors (Lipinski definition) is 5. The number of rotatable bonds is 4. The molecular weight excluding hydrogens is 510 g/mol. The van der Waals surface area contributed by atoms with Gasteiger partial charge in [-0.15, -0.1) is 0 Å². The van der Waals surface area contributed by atoms with Crippen LogP contribution in [0.4, 0.5) is 0 Å². The van der Waals surface area contributed by atoms with Gasteiger partial charge in [-0.1, -0.05) is 58.8 Å². The van der Waals surface area contributed by atoms with Gasteiger partial charge in [0.15, 0.2) is 5.76 Å². The van der Waals surface area contributed by atoms with Crippen molar-refractivity contribution in [1.82, 2.24) is 4.90 Å². The maximum Gasteiger partial charge on any atom is 0.320 e. The molecule has 0 radical (unpaired) electrons. The van der Waals surface area contributed by atoms with E-state index >= 15 is 0 Å². The number of carbonyl (C=O) groups excluding carboxylic acids is 2. The Bertz CT molecular complexity index is 1280. The fourth-order valence-electron chi connectivity index (χ4n) is 10.3. The lowest BCUT2D eigenvalue weighted by molar-refractivity contribution is -0.173. The van der Waals surface area contributed by atoms with Crippen molar-refractivity contribution in [3.8, 4) is 0 Å². The first kappa shape index (κ1) is 29.0. The van der Waals surface area contributed by atoms with Gasteiger partial charge in [-0.2, -0.15) is 0 Å². The minimum atomic E-state index is -0.260. The molecule has 224 valence electrons. The minimum absolute atomic E-state index is 0.00445. The van der Waals surface area contributed by atoms with E-state index < -0.39 is 0 Å². The zero-order valence-corrected chi connectivity index (χ0v) is 26.3. The first-order valence-electron chi connectivity index (χ1n) is 16.2. The second kappa shape index (κ2) is 9.69. The number of fused-ring (bicyclic) bond motifs is 7. The van der Waals surface area contributed by atoms with Gasteiger partial charge >= 0.3 is 5.97 Å². The van der Waals surface area contributed by atoms with E-state index in [0.717, 1.165) is 56.3 Å². The number of likely N-dealkylation sites (tertiary alicyclic amines) is 1. The number of ketones is 1. The topological polar surface area (TPSA) is 66.8 Å². The molecule has 0 spiro atoms. The Hall–Kier alpha value is -2.14. The van der Waals surface area contributed by atoms with Crippen LogP contribution in [0.1, 0.15) is 106 Å². The highest BCUT2D eigenvalue weighted by Gasteiger charge is 2.66. The molecule has 0 bridgehead atoms. The van der Waals surface area contributed by atoms with Crippen LogP contribution < -0.4 is 0 Å². The van der Waals surface area contributed by atoms with E-state index in [0.29, 0.717) is 30.1 Å². The van der Waals surface area contributed by atoms with Crippen LogP contribution in [0.3, 0.4) is 0 Å². The number of carbonyl (C=O) groups is 2. The third-order valence-electron chi connectivity index (χ3n) is 13.3. The molecular formula is C36H51NO4. The smallest absolute Gasteiger partial charge is 0.320 e. The number of aliphatic hydroxyl groups is 1. The number of hydrogen-bond donors (Lipinski definition) is 1. The van der Waals surface area contributed by atoms with E-state index in [2.05, 4.69) is 51.7 Å². The molecule has 0 amide bonds. The molecule has 0 unspecified atom stereocenters. The summed E-state index contributed by atoms with van der Waals surface area (Å²) in [5.74, 6) is 0.107. The number of nitrogens with zero attached hydrogens (tertiary/aromatic N) is 1. The lowest BCUT2D eigenvalue weighted by atomic mass is 9.34. The van der Waals surface area contributed by atoms with Crippen LogP contribution >= 0.6 is 0 Å². The van der Waals surface area contributed by atoms with E-state index in [1.165, 1.54) is 37.7 Å². The quantitative estimate of drug-likeness (QED) is 0.357. The molecule has 0 aromatic heterocycles. The van der Waals surface area contributed by atoms with Gasteiger partial charge in [-0.05, 0) is 117 Å².